The molecule has 0 spiro atoms. The van der Waals surface area contributed by atoms with E-state index < -0.39 is 109 Å². The van der Waals surface area contributed by atoms with Gasteiger partial charge >= 0.3 is 54.7 Å². The summed E-state index contributed by atoms with van der Waals surface area (Å²) < 4.78 is 141. The number of halogens is 8. The second-order valence-electron chi connectivity index (χ2n) is 24.3. The number of alkyl halides is 6. The summed E-state index contributed by atoms with van der Waals surface area (Å²) in [5.41, 5.74) is -1.63. The molecule has 3 radical (unpaired) electrons. The van der Waals surface area contributed by atoms with Crippen molar-refractivity contribution in [2.24, 2.45) is 0 Å². The number of hydrogen-bond acceptors (Lipinski definition) is 21. The van der Waals surface area contributed by atoms with E-state index in [1.807, 2.05) is 13.8 Å². The molecule has 2 heterocycles. The molecule has 2 atom stereocenters. The molecule has 23 nitrogen and oxygen atoms in total. The number of amides is 4. The number of ether oxygens (including phenoxy) is 6. The van der Waals surface area contributed by atoms with Crippen LogP contribution in [-0.2, 0) is 62.8 Å². The van der Waals surface area contributed by atoms with E-state index >= 15 is 0 Å². The largest absolute Gasteiger partial charge is 0.479 e. The molecule has 559 valence electrons. The Morgan fingerprint density at radius 3 is 1.22 bits per heavy atom. The molecule has 2 unspecified atom stereocenters. The average molecular weight is 1530 g/mol. The molecule has 4 amide bonds. The van der Waals surface area contributed by atoms with Crippen molar-refractivity contribution in [1.82, 2.24) is 15.0 Å². The first-order valence-electron chi connectivity index (χ1n) is 29.7. The molecular formula is C64H93BCl3F5N3O20S2Si. The van der Waals surface area contributed by atoms with Gasteiger partial charge in [0.05, 0.1) is 41.8 Å². The zero-order chi connectivity index (χ0) is 74.6. The van der Waals surface area contributed by atoms with Crippen molar-refractivity contribution in [3.8, 4) is 11.5 Å². The fourth-order valence-corrected chi connectivity index (χ4v) is 9.53. The summed E-state index contributed by atoms with van der Waals surface area (Å²) >= 11 is 15.2. The predicted molar refractivity (Wildman–Crippen MR) is 372 cm³/mol. The number of benzene rings is 4. The van der Waals surface area contributed by atoms with E-state index in [1.54, 1.807) is 65.8 Å². The lowest BCUT2D eigenvalue weighted by Gasteiger charge is -2.28. The number of hydrogen-bond donors (Lipinski definition) is 1. The van der Waals surface area contributed by atoms with Gasteiger partial charge in [0.25, 0.3) is 23.6 Å². The van der Waals surface area contributed by atoms with Gasteiger partial charge in [0.15, 0.2) is 12.2 Å². The smallest absolute Gasteiger partial charge is 0.470 e. The summed E-state index contributed by atoms with van der Waals surface area (Å²) in [5.74, 6) is -10.1. The normalized spacial score (nSPS) is 13.5. The molecule has 0 fully saturated rings. The minimum atomic E-state index is -6.22. The van der Waals surface area contributed by atoms with Gasteiger partial charge in [-0.2, -0.15) is 45.5 Å². The average Bonchev–Trinajstić information content (AvgIpc) is 0.745. The van der Waals surface area contributed by atoms with Crippen molar-refractivity contribution in [2.45, 2.75) is 209 Å². The molecule has 99 heavy (non-hydrogen) atoms. The third kappa shape index (κ3) is 28.6. The molecule has 2 aliphatic heterocycles. The Kier molecular flexibility index (Phi) is 40.1. The summed E-state index contributed by atoms with van der Waals surface area (Å²) in [6.07, 6.45) is 1.86. The number of imide groups is 2. The van der Waals surface area contributed by atoms with Crippen LogP contribution in [0.4, 0.5) is 21.4 Å². The molecule has 0 saturated carbocycles. The number of unbranched alkanes of at least 4 members (excludes halogenated alkanes) is 2. The summed E-state index contributed by atoms with van der Waals surface area (Å²) in [7, 11) is -12.5. The van der Waals surface area contributed by atoms with Gasteiger partial charge in [0.1, 0.15) is 30.1 Å². The maximum atomic E-state index is 14.1. The van der Waals surface area contributed by atoms with E-state index in [1.165, 1.54) is 30.3 Å². The van der Waals surface area contributed by atoms with E-state index in [9.17, 15) is 81.8 Å². The van der Waals surface area contributed by atoms with E-state index in [0.29, 0.717) is 61.1 Å². The van der Waals surface area contributed by atoms with Crippen molar-refractivity contribution >= 4 is 139 Å². The van der Waals surface area contributed by atoms with Crippen LogP contribution in [0.1, 0.15) is 185 Å². The lowest BCUT2D eigenvalue weighted by Crippen LogP contribution is -2.48. The molecule has 4 aromatic rings. The Morgan fingerprint density at radius 2 is 0.929 bits per heavy atom. The van der Waals surface area contributed by atoms with Gasteiger partial charge in [-0.3, -0.25) is 29.3 Å². The lowest BCUT2D eigenvalue weighted by atomic mass is 9.94. The van der Waals surface area contributed by atoms with Crippen LogP contribution in [-0.4, -0.2) is 172 Å². The number of methoxy groups -OCH3 is 2. The zero-order valence-corrected chi connectivity index (χ0v) is 62.1. The molecule has 35 heteroatoms. The van der Waals surface area contributed by atoms with Crippen LogP contribution in [0.2, 0.25) is 19.6 Å². The topological polar surface area (TPSA) is 299 Å². The first kappa shape index (κ1) is 96.9. The summed E-state index contributed by atoms with van der Waals surface area (Å²) in [6.45, 7) is 32.9. The Bertz CT molecular complexity index is 3620. The van der Waals surface area contributed by atoms with Gasteiger partial charge in [0, 0.05) is 31.3 Å². The third-order valence-electron chi connectivity index (χ3n) is 12.4. The number of rotatable bonds is 21. The van der Waals surface area contributed by atoms with E-state index in [-0.39, 0.29) is 78.5 Å². The van der Waals surface area contributed by atoms with Crippen molar-refractivity contribution in [3.05, 3.63) is 82.9 Å². The number of nitrogens with zero attached hydrogens (tertiary/aromatic N) is 3. The van der Waals surface area contributed by atoms with Crippen LogP contribution in [0.5, 0.6) is 11.5 Å². The highest BCUT2D eigenvalue weighted by Crippen LogP contribution is 2.38. The maximum absolute atomic E-state index is 14.1. The van der Waals surface area contributed by atoms with Crippen LogP contribution in [0.15, 0.2) is 60.7 Å². The monoisotopic (exact) mass is 1530 g/mol. The quantitative estimate of drug-likeness (QED) is 0.00932. The Balaban J connectivity index is -0.00000134. The first-order chi connectivity index (χ1) is 43.9. The van der Waals surface area contributed by atoms with Crippen molar-refractivity contribution < 1.29 is 115 Å². The molecule has 2 aliphatic rings. The minimum absolute atomic E-state index is 0. The fourth-order valence-electron chi connectivity index (χ4n) is 8.53. The zero-order valence-electron chi connectivity index (χ0n) is 57.2. The standard InChI is InChI=1S/C25H27F2NO10S.C22H25NO6.C8H19N.C3H9ClSi.C3H3F3O4S.CH2Cl2.2CH4.B/c1-6-7-11-18(22(31)37-24(2,3)4)36-15-12-14-9-8-10-16-19(14)17(13-15)21(30)28(20(16)29)38-39(33,34)25(26,27)23(32)35-5;1-5-6-10-17(21(26)29-22(2,3)4)28-14-11-13-8-7-9-15-18(13)16(12-14)20(25)23(27)19(15)24;1-6-9(7(2)3)8(4)5;1-5(2,3)4;1-10-2(7)3(4,5)11(6,8)9;2-1-3;;;/h8-10,12-13,18H,6-7,11H2,1-5H3;7-9,11-12,17,27H,5-6,10H2,1-4H3;7-8H,6H2,1-5H3;1-3H3;1H3;1H2;2*1H4;. The van der Waals surface area contributed by atoms with Crippen LogP contribution in [0.25, 0.3) is 21.5 Å². The molecule has 0 aliphatic carbocycles. The van der Waals surface area contributed by atoms with Gasteiger partial charge in [-0.1, -0.05) is 96.3 Å². The number of esters is 4. The van der Waals surface area contributed by atoms with Crippen LogP contribution < -0.4 is 9.47 Å². The fraction of sp³-hybridized carbons (Fsp3) is 0.562. The third-order valence-corrected chi connectivity index (χ3v) is 14.4. The molecule has 1 N–H and O–H groups in total. The molecule has 6 rings (SSSR count). The highest BCUT2D eigenvalue weighted by molar-refractivity contribution is 7.88. The summed E-state index contributed by atoms with van der Waals surface area (Å²) in [4.78, 5) is 99.8. The second kappa shape index (κ2) is 41.0. The summed E-state index contributed by atoms with van der Waals surface area (Å²) in [5, 5.41) is 0.917. The van der Waals surface area contributed by atoms with Crippen LogP contribution >= 0.6 is 34.3 Å². The molecule has 4 aromatic carbocycles. The van der Waals surface area contributed by atoms with Gasteiger partial charge in [-0.15, -0.1) is 37.6 Å². The Labute approximate surface area is 595 Å². The van der Waals surface area contributed by atoms with Gasteiger partial charge < -0.3 is 28.4 Å². The SMILES string of the molecule is C.C.CCCCC(Oc1cc2c3c(cccc3c1)C(=O)N(O)C2=O)C(=O)OC(C)(C)C.CCCCC(Oc1cc2c3c(cccc3c1)C(=O)N(OS(=O)(=O)C(F)(F)C(=O)OC)C2=O)C(=O)OC(C)(C)C.CCN(C(C)C)C(C)C.COC(=O)C(F)(F)S(=O)(=O)F.C[Si](C)(C)Cl.ClCCl.[B]. The van der Waals surface area contributed by atoms with Crippen molar-refractivity contribution in [2.75, 3.05) is 26.1 Å². The second-order valence-corrected chi connectivity index (χ2v) is 35.6. The summed E-state index contributed by atoms with van der Waals surface area (Å²) in [6, 6.07) is 16.2. The van der Waals surface area contributed by atoms with E-state index in [0.717, 1.165) is 31.9 Å². The Morgan fingerprint density at radius 1 is 0.606 bits per heavy atom. The van der Waals surface area contributed by atoms with Gasteiger partial charge in [0.2, 0.25) is 0 Å². The van der Waals surface area contributed by atoms with Crippen molar-refractivity contribution in [1.29, 1.82) is 0 Å². The van der Waals surface area contributed by atoms with E-state index in [2.05, 4.69) is 72.9 Å². The van der Waals surface area contributed by atoms with Crippen LogP contribution in [0.3, 0.4) is 0 Å². The highest BCUT2D eigenvalue weighted by atomic mass is 35.6. The van der Waals surface area contributed by atoms with Crippen molar-refractivity contribution in [3.63, 3.8) is 0 Å². The molecule has 0 aromatic heterocycles. The van der Waals surface area contributed by atoms with Gasteiger partial charge in [-0.25, -0.2) is 19.2 Å². The number of carbonyl (C=O) groups excluding carboxylic acids is 8. The molecule has 0 bridgehead atoms. The molecule has 0 saturated heterocycles. The van der Waals surface area contributed by atoms with Crippen LogP contribution in [0, 0.1) is 0 Å². The molecular weight excluding hydrogens is 1440 g/mol. The maximum Gasteiger partial charge on any atom is 0.470 e. The lowest BCUT2D eigenvalue weighted by molar-refractivity contribution is -0.164. The highest BCUT2D eigenvalue weighted by Gasteiger charge is 2.58. The predicted octanol–water partition coefficient (Wildman–Crippen LogP) is 14.4. The Hall–Kier alpha value is -6.26. The first-order valence-corrected chi connectivity index (χ1v) is 38.0. The van der Waals surface area contributed by atoms with Gasteiger partial charge in [-0.05, 0) is 149 Å². The number of carbonyl (C=O) groups is 8. The minimum Gasteiger partial charge on any atom is -0.479 e. The van der Waals surface area contributed by atoms with E-state index in [4.69, 9.17) is 53.2 Å². The number of hydroxylamine groups is 4.